The van der Waals surface area contributed by atoms with Crippen LogP contribution in [0.1, 0.15) is 18.4 Å². The molecular weight excluding hydrogens is 379 g/mol. The molecule has 0 atom stereocenters. The second-order valence-electron chi connectivity index (χ2n) is 5.88. The molecule has 0 saturated carbocycles. The van der Waals surface area contributed by atoms with Crippen molar-refractivity contribution in [3.8, 4) is 0 Å². The average Bonchev–Trinajstić information content (AvgIpc) is 2.56. The lowest BCUT2D eigenvalue weighted by molar-refractivity contribution is -0.116. The number of carbonyl (C=O) groups excluding carboxylic acids is 1. The van der Waals surface area contributed by atoms with Crippen molar-refractivity contribution >= 4 is 38.9 Å². The molecule has 0 aromatic heterocycles. The van der Waals surface area contributed by atoms with Crippen LogP contribution in [0.3, 0.4) is 0 Å². The first-order valence-electron chi connectivity index (χ1n) is 7.97. The van der Waals surface area contributed by atoms with Gasteiger partial charge >= 0.3 is 0 Å². The molecule has 0 spiro atoms. The van der Waals surface area contributed by atoms with Crippen molar-refractivity contribution in [2.24, 2.45) is 0 Å². The monoisotopic (exact) mass is 398 g/mol. The highest BCUT2D eigenvalue weighted by Crippen LogP contribution is 2.23. The van der Waals surface area contributed by atoms with Crippen LogP contribution in [0, 0.1) is 12.7 Å². The Hall–Kier alpha value is -2.12. The van der Waals surface area contributed by atoms with Gasteiger partial charge in [-0.1, -0.05) is 17.7 Å². The van der Waals surface area contributed by atoms with E-state index in [-0.39, 0.29) is 18.9 Å². The second-order valence-corrected chi connectivity index (χ2v) is 8.19. The summed E-state index contributed by atoms with van der Waals surface area (Å²) >= 11 is 6.02. The van der Waals surface area contributed by atoms with Crippen LogP contribution in [0.4, 0.5) is 15.8 Å². The molecule has 0 heterocycles. The molecule has 0 aliphatic carbocycles. The van der Waals surface area contributed by atoms with E-state index in [4.69, 9.17) is 11.6 Å². The summed E-state index contributed by atoms with van der Waals surface area (Å²) in [6.07, 6.45) is 1.53. The maximum atomic E-state index is 13.0. The van der Waals surface area contributed by atoms with Crippen LogP contribution in [0.15, 0.2) is 42.5 Å². The van der Waals surface area contributed by atoms with Crippen LogP contribution in [-0.4, -0.2) is 27.1 Å². The van der Waals surface area contributed by atoms with E-state index in [9.17, 15) is 17.6 Å². The molecule has 0 fully saturated rings. The van der Waals surface area contributed by atoms with Gasteiger partial charge in [0.25, 0.3) is 0 Å². The first kappa shape index (κ1) is 20.2. The molecular formula is C18H20ClFN2O3S. The van der Waals surface area contributed by atoms with Gasteiger partial charge in [0.1, 0.15) is 5.82 Å². The molecule has 0 radical (unpaired) electrons. The van der Waals surface area contributed by atoms with E-state index >= 15 is 0 Å². The van der Waals surface area contributed by atoms with E-state index in [2.05, 4.69) is 5.32 Å². The minimum absolute atomic E-state index is 0.117. The van der Waals surface area contributed by atoms with E-state index < -0.39 is 15.8 Å². The molecule has 140 valence electrons. The predicted octanol–water partition coefficient (Wildman–Crippen LogP) is 3.97. The molecule has 2 aromatic carbocycles. The molecule has 0 unspecified atom stereocenters. The number of carbonyl (C=O) groups is 1. The van der Waals surface area contributed by atoms with Gasteiger partial charge in [0.15, 0.2) is 0 Å². The van der Waals surface area contributed by atoms with Crippen molar-refractivity contribution in [2.45, 2.75) is 19.8 Å². The highest BCUT2D eigenvalue weighted by molar-refractivity contribution is 7.92. The number of benzene rings is 2. The Morgan fingerprint density at radius 2 is 1.85 bits per heavy atom. The third-order valence-electron chi connectivity index (χ3n) is 3.82. The molecule has 0 bridgehead atoms. The molecule has 1 N–H and O–H groups in total. The quantitative estimate of drug-likeness (QED) is 0.767. The van der Waals surface area contributed by atoms with E-state index in [0.717, 1.165) is 16.1 Å². The fourth-order valence-electron chi connectivity index (χ4n) is 2.43. The fraction of sp³-hybridized carbons (Fsp3) is 0.278. The van der Waals surface area contributed by atoms with Crippen molar-refractivity contribution in [1.29, 1.82) is 0 Å². The first-order chi connectivity index (χ1) is 12.2. The van der Waals surface area contributed by atoms with Crippen LogP contribution in [-0.2, 0) is 14.8 Å². The van der Waals surface area contributed by atoms with Crippen molar-refractivity contribution in [1.82, 2.24) is 0 Å². The van der Waals surface area contributed by atoms with Crippen LogP contribution in [0.5, 0.6) is 0 Å². The zero-order valence-electron chi connectivity index (χ0n) is 14.5. The number of anilines is 2. The zero-order chi connectivity index (χ0) is 19.3. The van der Waals surface area contributed by atoms with Crippen molar-refractivity contribution in [2.75, 3.05) is 22.4 Å². The summed E-state index contributed by atoms with van der Waals surface area (Å²) in [4.78, 5) is 12.1. The van der Waals surface area contributed by atoms with Gasteiger partial charge in [-0.3, -0.25) is 9.10 Å². The van der Waals surface area contributed by atoms with Gasteiger partial charge < -0.3 is 5.32 Å². The largest absolute Gasteiger partial charge is 0.326 e. The summed E-state index contributed by atoms with van der Waals surface area (Å²) in [5.74, 6) is -0.679. The fourth-order valence-corrected chi connectivity index (χ4v) is 3.57. The number of rotatable bonds is 7. The van der Waals surface area contributed by atoms with Gasteiger partial charge in [-0.15, -0.1) is 0 Å². The molecule has 2 aromatic rings. The number of hydrogen-bond acceptors (Lipinski definition) is 3. The number of nitrogens with one attached hydrogen (secondary N) is 1. The van der Waals surface area contributed by atoms with Gasteiger partial charge in [-0.25, -0.2) is 12.8 Å². The maximum absolute atomic E-state index is 13.0. The highest BCUT2D eigenvalue weighted by atomic mass is 35.5. The van der Waals surface area contributed by atoms with Crippen molar-refractivity contribution in [3.05, 3.63) is 58.9 Å². The smallest absolute Gasteiger partial charge is 0.232 e. The Labute approximate surface area is 157 Å². The van der Waals surface area contributed by atoms with Crippen LogP contribution >= 0.6 is 11.6 Å². The topological polar surface area (TPSA) is 66.5 Å². The summed E-state index contributed by atoms with van der Waals surface area (Å²) in [7, 11) is -3.54. The standard InChI is InChI=1S/C18H20ClFN2O3S/c1-13-16(19)5-3-6-17(13)21-18(23)7-4-12-22(26(2,24)25)15-10-8-14(20)9-11-15/h3,5-6,8-11H,4,7,12H2,1-2H3,(H,21,23). The Kier molecular flexibility index (Phi) is 6.61. The number of nitrogens with zero attached hydrogens (tertiary/aromatic N) is 1. The van der Waals surface area contributed by atoms with Gasteiger partial charge in [-0.2, -0.15) is 0 Å². The lowest BCUT2D eigenvalue weighted by Crippen LogP contribution is -2.31. The van der Waals surface area contributed by atoms with Gasteiger partial charge in [-0.05, 0) is 55.3 Å². The molecule has 26 heavy (non-hydrogen) atoms. The first-order valence-corrected chi connectivity index (χ1v) is 10.2. The summed E-state index contributed by atoms with van der Waals surface area (Å²) in [6.45, 7) is 1.92. The third kappa shape index (κ3) is 5.44. The molecule has 2 rings (SSSR count). The summed E-state index contributed by atoms with van der Waals surface area (Å²) < 4.78 is 38.2. The molecule has 0 aliphatic heterocycles. The second kappa shape index (κ2) is 8.51. The number of sulfonamides is 1. The summed E-state index contributed by atoms with van der Waals surface area (Å²) in [6, 6.07) is 10.4. The van der Waals surface area contributed by atoms with E-state index in [1.807, 2.05) is 0 Å². The van der Waals surface area contributed by atoms with E-state index in [1.54, 1.807) is 25.1 Å². The van der Waals surface area contributed by atoms with Crippen molar-refractivity contribution in [3.63, 3.8) is 0 Å². The van der Waals surface area contributed by atoms with E-state index in [1.165, 1.54) is 24.3 Å². The lowest BCUT2D eigenvalue weighted by Gasteiger charge is -2.22. The predicted molar refractivity (Wildman–Crippen MR) is 103 cm³/mol. The molecule has 1 amide bonds. The molecule has 8 heteroatoms. The van der Waals surface area contributed by atoms with Crippen LogP contribution in [0.25, 0.3) is 0 Å². The molecule has 0 saturated heterocycles. The van der Waals surface area contributed by atoms with Crippen LogP contribution < -0.4 is 9.62 Å². The average molecular weight is 399 g/mol. The Morgan fingerprint density at radius 3 is 2.46 bits per heavy atom. The lowest BCUT2D eigenvalue weighted by atomic mass is 10.2. The highest BCUT2D eigenvalue weighted by Gasteiger charge is 2.17. The van der Waals surface area contributed by atoms with Gasteiger partial charge in [0, 0.05) is 23.7 Å². The molecule has 0 aliphatic rings. The number of hydrogen-bond donors (Lipinski definition) is 1. The van der Waals surface area contributed by atoms with Gasteiger partial charge in [0.05, 0.1) is 11.9 Å². The zero-order valence-corrected chi connectivity index (χ0v) is 16.1. The minimum atomic E-state index is -3.54. The Morgan fingerprint density at radius 1 is 1.19 bits per heavy atom. The summed E-state index contributed by atoms with van der Waals surface area (Å²) in [5, 5.41) is 3.33. The Balaban J connectivity index is 1.98. The van der Waals surface area contributed by atoms with Gasteiger partial charge in [0.2, 0.25) is 15.9 Å². The molecule has 5 nitrogen and oxygen atoms in total. The summed E-state index contributed by atoms with van der Waals surface area (Å²) in [5.41, 5.74) is 1.76. The number of amides is 1. The van der Waals surface area contributed by atoms with E-state index in [0.29, 0.717) is 22.8 Å². The normalized spacial score (nSPS) is 11.2. The number of halogens is 2. The Bertz CT molecular complexity index is 886. The minimum Gasteiger partial charge on any atom is -0.326 e. The van der Waals surface area contributed by atoms with Crippen LogP contribution in [0.2, 0.25) is 5.02 Å². The SMILES string of the molecule is Cc1c(Cl)cccc1NC(=O)CCCN(c1ccc(F)cc1)S(C)(=O)=O. The van der Waals surface area contributed by atoms with Crippen molar-refractivity contribution < 1.29 is 17.6 Å². The maximum Gasteiger partial charge on any atom is 0.232 e. The third-order valence-corrected chi connectivity index (χ3v) is 5.43.